The second-order valence-electron chi connectivity index (χ2n) is 5.37. The summed E-state index contributed by atoms with van der Waals surface area (Å²) in [5, 5.41) is 8.89. The average molecular weight is 294 g/mol. The van der Waals surface area contributed by atoms with Gasteiger partial charge in [-0.2, -0.15) is 0 Å². The van der Waals surface area contributed by atoms with E-state index in [4.69, 9.17) is 14.6 Å². The smallest absolute Gasteiger partial charge is 0.123 e. The van der Waals surface area contributed by atoms with Crippen molar-refractivity contribution < 1.29 is 14.6 Å². The molecule has 0 aliphatic carbocycles. The first-order valence-electron chi connectivity index (χ1n) is 7.53. The Morgan fingerprint density at radius 3 is 2.38 bits per heavy atom. The Morgan fingerprint density at radius 1 is 1.05 bits per heavy atom. The van der Waals surface area contributed by atoms with Gasteiger partial charge in [-0.1, -0.05) is 0 Å². The third-order valence-electron chi connectivity index (χ3n) is 3.98. The van der Waals surface area contributed by atoms with E-state index in [-0.39, 0.29) is 6.61 Å². The highest BCUT2D eigenvalue weighted by Crippen LogP contribution is 2.25. The van der Waals surface area contributed by atoms with Gasteiger partial charge in [-0.25, -0.2) is 0 Å². The van der Waals surface area contributed by atoms with Crippen LogP contribution in [0.25, 0.3) is 0 Å². The Balaban J connectivity index is 1.90. The molecule has 1 N–H and O–H groups in total. The fourth-order valence-corrected chi connectivity index (χ4v) is 2.71. The SMILES string of the molecule is COc1ccc(OC)c(CN2CCN(CCCO)CC2)c1. The Bertz CT molecular complexity index is 432. The molecule has 1 aliphatic rings. The summed E-state index contributed by atoms with van der Waals surface area (Å²) in [7, 11) is 3.39. The van der Waals surface area contributed by atoms with Crippen LogP contribution < -0.4 is 9.47 Å². The molecule has 0 unspecified atom stereocenters. The zero-order chi connectivity index (χ0) is 15.1. The van der Waals surface area contributed by atoms with Crippen LogP contribution >= 0.6 is 0 Å². The van der Waals surface area contributed by atoms with Gasteiger partial charge in [0.15, 0.2) is 0 Å². The molecule has 0 radical (unpaired) electrons. The molecule has 1 heterocycles. The minimum Gasteiger partial charge on any atom is -0.497 e. The second-order valence-corrected chi connectivity index (χ2v) is 5.37. The molecule has 21 heavy (non-hydrogen) atoms. The van der Waals surface area contributed by atoms with Crippen LogP contribution in [0.3, 0.4) is 0 Å². The van der Waals surface area contributed by atoms with Gasteiger partial charge in [-0.05, 0) is 24.6 Å². The predicted molar refractivity (Wildman–Crippen MR) is 83.0 cm³/mol. The first-order chi connectivity index (χ1) is 10.3. The highest BCUT2D eigenvalue weighted by atomic mass is 16.5. The van der Waals surface area contributed by atoms with Crippen molar-refractivity contribution in [3.05, 3.63) is 23.8 Å². The van der Waals surface area contributed by atoms with Crippen molar-refractivity contribution in [2.45, 2.75) is 13.0 Å². The van der Waals surface area contributed by atoms with Crippen molar-refractivity contribution in [1.82, 2.24) is 9.80 Å². The summed E-state index contributed by atoms with van der Waals surface area (Å²) >= 11 is 0. The molecule has 0 saturated carbocycles. The van der Waals surface area contributed by atoms with Crippen molar-refractivity contribution >= 4 is 0 Å². The quantitative estimate of drug-likeness (QED) is 0.819. The molecular formula is C16H26N2O3. The Kier molecular flexibility index (Phi) is 6.29. The summed E-state index contributed by atoms with van der Waals surface area (Å²) in [6.45, 7) is 6.37. The third-order valence-corrected chi connectivity index (χ3v) is 3.98. The van der Waals surface area contributed by atoms with Gasteiger partial charge in [0.05, 0.1) is 14.2 Å². The first kappa shape index (κ1) is 16.1. The van der Waals surface area contributed by atoms with E-state index in [0.717, 1.165) is 57.2 Å². The van der Waals surface area contributed by atoms with Crippen LogP contribution in [0.2, 0.25) is 0 Å². The second kappa shape index (κ2) is 8.22. The van der Waals surface area contributed by atoms with Gasteiger partial charge in [0.1, 0.15) is 11.5 Å². The number of aliphatic hydroxyl groups is 1. The Morgan fingerprint density at radius 2 is 1.76 bits per heavy atom. The van der Waals surface area contributed by atoms with Crippen molar-refractivity contribution in [2.24, 2.45) is 0 Å². The molecule has 2 rings (SSSR count). The normalized spacial score (nSPS) is 16.9. The lowest BCUT2D eigenvalue weighted by Crippen LogP contribution is -2.46. The average Bonchev–Trinajstić information content (AvgIpc) is 2.54. The van der Waals surface area contributed by atoms with Crippen LogP contribution in [0, 0.1) is 0 Å². The molecular weight excluding hydrogens is 268 g/mol. The number of benzene rings is 1. The molecule has 1 aliphatic heterocycles. The van der Waals surface area contributed by atoms with E-state index >= 15 is 0 Å². The summed E-state index contributed by atoms with van der Waals surface area (Å²) in [6, 6.07) is 5.94. The topological polar surface area (TPSA) is 45.2 Å². The van der Waals surface area contributed by atoms with E-state index < -0.39 is 0 Å². The highest BCUT2D eigenvalue weighted by molar-refractivity contribution is 5.40. The molecule has 0 bridgehead atoms. The number of methoxy groups -OCH3 is 2. The van der Waals surface area contributed by atoms with Crippen molar-refractivity contribution in [3.8, 4) is 11.5 Å². The maximum atomic E-state index is 8.89. The molecule has 1 saturated heterocycles. The standard InChI is InChI=1S/C16H26N2O3/c1-20-15-4-5-16(21-2)14(12-15)13-18-9-7-17(8-10-18)6-3-11-19/h4-5,12,19H,3,6-11,13H2,1-2H3. The lowest BCUT2D eigenvalue weighted by Gasteiger charge is -2.34. The number of rotatable bonds is 7. The zero-order valence-corrected chi connectivity index (χ0v) is 13.0. The van der Waals surface area contributed by atoms with E-state index in [1.54, 1.807) is 14.2 Å². The highest BCUT2D eigenvalue weighted by Gasteiger charge is 2.18. The van der Waals surface area contributed by atoms with E-state index in [9.17, 15) is 0 Å². The molecule has 1 fully saturated rings. The maximum absolute atomic E-state index is 8.89. The van der Waals surface area contributed by atoms with Crippen LogP contribution in [0.4, 0.5) is 0 Å². The maximum Gasteiger partial charge on any atom is 0.123 e. The number of ether oxygens (including phenoxy) is 2. The molecule has 1 aromatic rings. The summed E-state index contributed by atoms with van der Waals surface area (Å²) < 4.78 is 10.7. The fourth-order valence-electron chi connectivity index (χ4n) is 2.71. The van der Waals surface area contributed by atoms with Crippen molar-refractivity contribution in [1.29, 1.82) is 0 Å². The molecule has 0 amide bonds. The van der Waals surface area contributed by atoms with Crippen LogP contribution in [0.15, 0.2) is 18.2 Å². The van der Waals surface area contributed by atoms with Gasteiger partial charge < -0.3 is 19.5 Å². The summed E-state index contributed by atoms with van der Waals surface area (Å²) in [5.41, 5.74) is 1.17. The zero-order valence-electron chi connectivity index (χ0n) is 13.0. The molecule has 5 heteroatoms. The summed E-state index contributed by atoms with van der Waals surface area (Å²) in [6.07, 6.45) is 0.865. The van der Waals surface area contributed by atoms with Gasteiger partial charge in [-0.15, -0.1) is 0 Å². The molecule has 0 atom stereocenters. The van der Waals surface area contributed by atoms with E-state index in [0.29, 0.717) is 0 Å². The Labute approximate surface area is 127 Å². The van der Waals surface area contributed by atoms with Crippen molar-refractivity contribution in [2.75, 3.05) is 53.6 Å². The number of nitrogens with zero attached hydrogens (tertiary/aromatic N) is 2. The number of hydrogen-bond acceptors (Lipinski definition) is 5. The molecule has 0 spiro atoms. The van der Waals surface area contributed by atoms with Crippen LogP contribution in [-0.4, -0.2) is 68.5 Å². The fraction of sp³-hybridized carbons (Fsp3) is 0.625. The largest absolute Gasteiger partial charge is 0.497 e. The van der Waals surface area contributed by atoms with Gasteiger partial charge in [0.25, 0.3) is 0 Å². The Hall–Kier alpha value is -1.30. The van der Waals surface area contributed by atoms with Crippen LogP contribution in [-0.2, 0) is 6.54 Å². The molecule has 0 aromatic heterocycles. The number of piperazine rings is 1. The van der Waals surface area contributed by atoms with E-state index in [1.807, 2.05) is 12.1 Å². The third kappa shape index (κ3) is 4.59. The van der Waals surface area contributed by atoms with Gasteiger partial charge >= 0.3 is 0 Å². The lowest BCUT2D eigenvalue weighted by molar-refractivity contribution is 0.119. The lowest BCUT2D eigenvalue weighted by atomic mass is 10.1. The van der Waals surface area contributed by atoms with Gasteiger partial charge in [0, 0.05) is 51.4 Å². The van der Waals surface area contributed by atoms with Crippen molar-refractivity contribution in [3.63, 3.8) is 0 Å². The van der Waals surface area contributed by atoms with E-state index in [1.165, 1.54) is 5.56 Å². The minimum atomic E-state index is 0.279. The number of aliphatic hydroxyl groups excluding tert-OH is 1. The van der Waals surface area contributed by atoms with Crippen LogP contribution in [0.1, 0.15) is 12.0 Å². The van der Waals surface area contributed by atoms with Crippen LogP contribution in [0.5, 0.6) is 11.5 Å². The molecule has 1 aromatic carbocycles. The minimum absolute atomic E-state index is 0.279. The number of hydrogen-bond donors (Lipinski definition) is 1. The first-order valence-corrected chi connectivity index (χ1v) is 7.53. The predicted octanol–water partition coefficient (Wildman–Crippen LogP) is 1.20. The monoisotopic (exact) mass is 294 g/mol. The molecule has 5 nitrogen and oxygen atoms in total. The summed E-state index contributed by atoms with van der Waals surface area (Å²) in [5.74, 6) is 1.78. The van der Waals surface area contributed by atoms with E-state index in [2.05, 4.69) is 15.9 Å². The molecule has 118 valence electrons. The van der Waals surface area contributed by atoms with Gasteiger partial charge in [0.2, 0.25) is 0 Å². The summed E-state index contributed by atoms with van der Waals surface area (Å²) in [4.78, 5) is 4.85. The van der Waals surface area contributed by atoms with Gasteiger partial charge in [-0.3, -0.25) is 4.90 Å².